The van der Waals surface area contributed by atoms with Gasteiger partial charge in [0.15, 0.2) is 0 Å². The second kappa shape index (κ2) is 9.10. The summed E-state index contributed by atoms with van der Waals surface area (Å²) >= 11 is 0. The van der Waals surface area contributed by atoms with Crippen LogP contribution in [0.25, 0.3) is 0 Å². The lowest BCUT2D eigenvalue weighted by Crippen LogP contribution is -2.36. The van der Waals surface area contributed by atoms with E-state index in [0.29, 0.717) is 12.3 Å². The van der Waals surface area contributed by atoms with Crippen LogP contribution >= 0.6 is 0 Å². The molecule has 1 unspecified atom stereocenters. The molecule has 0 spiro atoms. The van der Waals surface area contributed by atoms with Gasteiger partial charge in [0.1, 0.15) is 6.42 Å². The van der Waals surface area contributed by atoms with Crippen molar-refractivity contribution in [3.8, 4) is 0 Å². The smallest absolute Gasteiger partial charge is 0.233 e. The lowest BCUT2D eigenvalue weighted by atomic mass is 10.1. The number of nitrogens with zero attached hydrogens (tertiary/aromatic N) is 2. The molecule has 26 heavy (non-hydrogen) atoms. The van der Waals surface area contributed by atoms with E-state index >= 15 is 0 Å². The van der Waals surface area contributed by atoms with Crippen LogP contribution in [0.15, 0.2) is 42.6 Å². The van der Waals surface area contributed by atoms with Crippen molar-refractivity contribution >= 4 is 17.5 Å². The fourth-order valence-electron chi connectivity index (χ4n) is 2.81. The second-order valence-corrected chi connectivity index (χ2v) is 6.33. The Morgan fingerprint density at radius 3 is 2.46 bits per heavy atom. The first-order valence-electron chi connectivity index (χ1n) is 8.44. The first-order chi connectivity index (χ1) is 12.4. The Balaban J connectivity index is 2.03. The van der Waals surface area contributed by atoms with E-state index in [-0.39, 0.29) is 24.3 Å². The number of ether oxygens (including phenoxy) is 1. The molecule has 1 aromatic heterocycles. The van der Waals surface area contributed by atoms with Gasteiger partial charge in [-0.1, -0.05) is 12.1 Å². The fraction of sp³-hybridized carbons (Fsp3) is 0.350. The third-order valence-electron chi connectivity index (χ3n) is 4.03. The molecule has 1 aromatic carbocycles. The Labute approximate surface area is 154 Å². The predicted molar refractivity (Wildman–Crippen MR) is 101 cm³/mol. The monoisotopic (exact) mass is 355 g/mol. The quantitative estimate of drug-likeness (QED) is 0.775. The molecule has 0 saturated heterocycles. The minimum Gasteiger partial charge on any atom is -0.382 e. The molecule has 138 valence electrons. The Bertz CT molecular complexity index is 742. The molecule has 1 N–H and O–H groups in total. The largest absolute Gasteiger partial charge is 0.382 e. The molecule has 2 aromatic rings. The van der Waals surface area contributed by atoms with Crippen LogP contribution in [0.1, 0.15) is 29.3 Å². The van der Waals surface area contributed by atoms with E-state index in [4.69, 9.17) is 4.74 Å². The molecule has 0 fully saturated rings. The number of anilines is 1. The topological polar surface area (TPSA) is 71.5 Å². The molecular weight excluding hydrogens is 330 g/mol. The molecule has 0 radical (unpaired) electrons. The van der Waals surface area contributed by atoms with E-state index < -0.39 is 0 Å². The van der Waals surface area contributed by atoms with Crippen molar-refractivity contribution in [3.05, 3.63) is 59.4 Å². The number of amides is 2. The minimum absolute atomic E-state index is 0.240. The number of likely N-dealkylation sites (N-methyl/N-ethyl adjacent to an activating group) is 1. The molecule has 6 nitrogen and oxygen atoms in total. The summed E-state index contributed by atoms with van der Waals surface area (Å²) in [5.74, 6) is -0.636. The van der Waals surface area contributed by atoms with E-state index in [9.17, 15) is 9.59 Å². The zero-order valence-electron chi connectivity index (χ0n) is 15.7. The van der Waals surface area contributed by atoms with Gasteiger partial charge >= 0.3 is 0 Å². The number of benzene rings is 1. The highest BCUT2D eigenvalue weighted by atomic mass is 16.5. The van der Waals surface area contributed by atoms with E-state index in [1.54, 1.807) is 20.4 Å². The average Bonchev–Trinajstić information content (AvgIpc) is 2.58. The molecule has 6 heteroatoms. The van der Waals surface area contributed by atoms with Gasteiger partial charge in [-0.3, -0.25) is 14.6 Å². The zero-order valence-corrected chi connectivity index (χ0v) is 15.7. The molecular formula is C20H25N3O3. The summed E-state index contributed by atoms with van der Waals surface area (Å²) < 4.78 is 5.22. The normalized spacial score (nSPS) is 11.7. The van der Waals surface area contributed by atoms with Crippen molar-refractivity contribution in [2.45, 2.75) is 26.3 Å². The Hall–Kier alpha value is -2.73. The van der Waals surface area contributed by atoms with Crippen LogP contribution < -0.4 is 5.32 Å². The molecule has 2 amide bonds. The van der Waals surface area contributed by atoms with Crippen molar-refractivity contribution in [2.75, 3.05) is 26.1 Å². The molecule has 0 aliphatic heterocycles. The van der Waals surface area contributed by atoms with Crippen LogP contribution in [0.5, 0.6) is 0 Å². The first-order valence-corrected chi connectivity index (χ1v) is 8.44. The number of hydrogen-bond acceptors (Lipinski definition) is 4. The second-order valence-electron chi connectivity index (χ2n) is 6.33. The van der Waals surface area contributed by atoms with Gasteiger partial charge in [0.05, 0.1) is 18.3 Å². The minimum atomic E-state index is -0.345. The lowest BCUT2D eigenvalue weighted by molar-refractivity contribution is -0.136. The van der Waals surface area contributed by atoms with Crippen LogP contribution in [0.2, 0.25) is 0 Å². The number of hydrogen-bond donors (Lipinski definition) is 1. The number of aryl methyl sites for hydroxylation is 2. The Morgan fingerprint density at radius 1 is 1.19 bits per heavy atom. The van der Waals surface area contributed by atoms with Gasteiger partial charge in [-0.15, -0.1) is 0 Å². The SMILES string of the molecule is COCC(c1ccccn1)N(C)C(=O)CC(=O)Nc1cc(C)cc(C)c1. The van der Waals surface area contributed by atoms with Gasteiger partial charge in [0.25, 0.3) is 0 Å². The number of pyridine rings is 1. The van der Waals surface area contributed by atoms with Crippen molar-refractivity contribution in [2.24, 2.45) is 0 Å². The van der Waals surface area contributed by atoms with E-state index in [2.05, 4.69) is 10.3 Å². The predicted octanol–water partition coefficient (Wildman–Crippen LogP) is 2.87. The summed E-state index contributed by atoms with van der Waals surface area (Å²) in [5.41, 5.74) is 3.53. The third kappa shape index (κ3) is 5.39. The number of rotatable bonds is 7. The molecule has 2 rings (SSSR count). The van der Waals surface area contributed by atoms with Crippen LogP contribution in [0, 0.1) is 13.8 Å². The van der Waals surface area contributed by atoms with Crippen molar-refractivity contribution in [1.82, 2.24) is 9.88 Å². The van der Waals surface area contributed by atoms with Gasteiger partial charge in [-0.05, 0) is 49.2 Å². The first kappa shape index (κ1) is 19.6. The van der Waals surface area contributed by atoms with Gasteiger partial charge in [-0.25, -0.2) is 0 Å². The van der Waals surface area contributed by atoms with Crippen LogP contribution in [0.3, 0.4) is 0 Å². The fourth-order valence-corrected chi connectivity index (χ4v) is 2.81. The molecule has 1 atom stereocenters. The third-order valence-corrected chi connectivity index (χ3v) is 4.03. The standard InChI is InChI=1S/C20H25N3O3/c1-14-9-15(2)11-16(10-14)22-19(24)12-20(25)23(3)18(13-26-4)17-7-5-6-8-21-17/h5-11,18H,12-13H2,1-4H3,(H,22,24). The summed E-state index contributed by atoms with van der Waals surface area (Å²) in [6, 6.07) is 10.9. The van der Waals surface area contributed by atoms with Gasteiger partial charge in [0, 0.05) is 26.0 Å². The highest BCUT2D eigenvalue weighted by molar-refractivity contribution is 6.03. The van der Waals surface area contributed by atoms with Gasteiger partial charge in [0.2, 0.25) is 11.8 Å². The van der Waals surface area contributed by atoms with E-state index in [0.717, 1.165) is 16.8 Å². The molecule has 0 bridgehead atoms. The number of carbonyl (C=O) groups excluding carboxylic acids is 2. The zero-order chi connectivity index (χ0) is 19.1. The summed E-state index contributed by atoms with van der Waals surface area (Å²) in [4.78, 5) is 30.6. The highest BCUT2D eigenvalue weighted by Crippen LogP contribution is 2.19. The number of aromatic nitrogens is 1. The molecule has 1 heterocycles. The highest BCUT2D eigenvalue weighted by Gasteiger charge is 2.24. The average molecular weight is 355 g/mol. The van der Waals surface area contributed by atoms with Crippen molar-refractivity contribution in [3.63, 3.8) is 0 Å². The van der Waals surface area contributed by atoms with Gasteiger partial charge < -0.3 is 15.0 Å². The molecule has 0 aliphatic rings. The van der Waals surface area contributed by atoms with Crippen LogP contribution in [-0.4, -0.2) is 42.5 Å². The molecule has 0 saturated carbocycles. The van der Waals surface area contributed by atoms with E-state index in [1.807, 2.05) is 50.2 Å². The lowest BCUT2D eigenvalue weighted by Gasteiger charge is -2.27. The van der Waals surface area contributed by atoms with Crippen LogP contribution in [0.4, 0.5) is 5.69 Å². The maximum atomic E-state index is 12.5. The number of carbonyl (C=O) groups is 2. The number of methoxy groups -OCH3 is 1. The summed E-state index contributed by atoms with van der Waals surface area (Å²) in [6.07, 6.45) is 1.43. The summed E-state index contributed by atoms with van der Waals surface area (Å²) in [7, 11) is 3.23. The maximum absolute atomic E-state index is 12.5. The number of nitrogens with one attached hydrogen (secondary N) is 1. The summed E-state index contributed by atoms with van der Waals surface area (Å²) in [6.45, 7) is 4.23. The summed E-state index contributed by atoms with van der Waals surface area (Å²) in [5, 5.41) is 2.79. The van der Waals surface area contributed by atoms with Crippen molar-refractivity contribution < 1.29 is 14.3 Å². The maximum Gasteiger partial charge on any atom is 0.233 e. The Kier molecular flexibility index (Phi) is 6.86. The Morgan fingerprint density at radius 2 is 1.88 bits per heavy atom. The van der Waals surface area contributed by atoms with Gasteiger partial charge in [-0.2, -0.15) is 0 Å². The van der Waals surface area contributed by atoms with E-state index in [1.165, 1.54) is 4.90 Å². The van der Waals surface area contributed by atoms with Crippen molar-refractivity contribution in [1.29, 1.82) is 0 Å². The van der Waals surface area contributed by atoms with Crippen LogP contribution in [-0.2, 0) is 14.3 Å². The molecule has 0 aliphatic carbocycles.